The van der Waals surface area contributed by atoms with E-state index < -0.39 is 0 Å². The zero-order valence-corrected chi connectivity index (χ0v) is 16.2. The van der Waals surface area contributed by atoms with Crippen LogP contribution in [0.2, 0.25) is 0 Å². The van der Waals surface area contributed by atoms with Crippen molar-refractivity contribution in [3.05, 3.63) is 42.4 Å². The number of amides is 1. The molecule has 1 aromatic carbocycles. The number of ether oxygens (including phenoxy) is 2. The number of anilines is 1. The van der Waals surface area contributed by atoms with Gasteiger partial charge in [-0.15, -0.1) is 0 Å². The molecule has 0 unspecified atom stereocenters. The van der Waals surface area contributed by atoms with E-state index in [1.165, 1.54) is 0 Å². The van der Waals surface area contributed by atoms with Gasteiger partial charge in [-0.2, -0.15) is 10.1 Å². The van der Waals surface area contributed by atoms with Gasteiger partial charge in [0.2, 0.25) is 17.6 Å². The van der Waals surface area contributed by atoms with Crippen molar-refractivity contribution in [2.24, 2.45) is 5.92 Å². The summed E-state index contributed by atoms with van der Waals surface area (Å²) in [6, 6.07) is 9.18. The molecular formula is C20H23N5O4. The van der Waals surface area contributed by atoms with Crippen LogP contribution in [0.25, 0.3) is 11.4 Å². The summed E-state index contributed by atoms with van der Waals surface area (Å²) in [6.07, 6.45) is 3.30. The molecule has 0 aliphatic carbocycles. The lowest BCUT2D eigenvalue weighted by molar-refractivity contribution is -0.116. The van der Waals surface area contributed by atoms with Gasteiger partial charge in [-0.3, -0.25) is 4.79 Å². The second-order valence-electron chi connectivity index (χ2n) is 6.92. The Morgan fingerprint density at radius 3 is 2.93 bits per heavy atom. The summed E-state index contributed by atoms with van der Waals surface area (Å²) < 4.78 is 17.6. The maximum absolute atomic E-state index is 12.3. The highest BCUT2D eigenvalue weighted by atomic mass is 16.5. The van der Waals surface area contributed by atoms with Crippen LogP contribution in [0.1, 0.15) is 18.7 Å². The molecule has 29 heavy (non-hydrogen) atoms. The van der Waals surface area contributed by atoms with Crippen molar-refractivity contribution in [3.8, 4) is 17.1 Å². The second kappa shape index (κ2) is 8.87. The minimum Gasteiger partial charge on any atom is -0.497 e. The van der Waals surface area contributed by atoms with Crippen LogP contribution < -0.4 is 10.1 Å². The summed E-state index contributed by atoms with van der Waals surface area (Å²) >= 11 is 0. The van der Waals surface area contributed by atoms with Gasteiger partial charge in [-0.25, -0.2) is 4.68 Å². The molecule has 9 heteroatoms. The minimum absolute atomic E-state index is 0.126. The summed E-state index contributed by atoms with van der Waals surface area (Å²) in [5.74, 6) is 2.65. The number of carbonyl (C=O) groups is 1. The van der Waals surface area contributed by atoms with Gasteiger partial charge in [-0.1, -0.05) is 5.16 Å². The minimum atomic E-state index is -0.126. The van der Waals surface area contributed by atoms with E-state index in [9.17, 15) is 4.79 Å². The monoisotopic (exact) mass is 397 g/mol. The molecule has 3 aromatic rings. The summed E-state index contributed by atoms with van der Waals surface area (Å²) in [5, 5.41) is 11.2. The van der Waals surface area contributed by atoms with E-state index in [-0.39, 0.29) is 12.3 Å². The number of carbonyl (C=O) groups excluding carboxylic acids is 1. The van der Waals surface area contributed by atoms with Crippen molar-refractivity contribution >= 4 is 11.7 Å². The lowest BCUT2D eigenvalue weighted by Gasteiger charge is -2.12. The number of benzene rings is 1. The highest BCUT2D eigenvalue weighted by Crippen LogP contribution is 2.20. The molecule has 0 spiro atoms. The number of methoxy groups -OCH3 is 1. The Morgan fingerprint density at radius 2 is 2.17 bits per heavy atom. The predicted octanol–water partition coefficient (Wildman–Crippen LogP) is 2.55. The van der Waals surface area contributed by atoms with Crippen LogP contribution in [0.5, 0.6) is 5.75 Å². The molecule has 152 valence electrons. The van der Waals surface area contributed by atoms with Gasteiger partial charge in [0.1, 0.15) is 11.6 Å². The third kappa shape index (κ3) is 4.80. The first-order valence-corrected chi connectivity index (χ1v) is 9.57. The molecule has 0 radical (unpaired) electrons. The number of rotatable bonds is 8. The number of aromatic nitrogens is 4. The van der Waals surface area contributed by atoms with Crippen LogP contribution in [0, 0.1) is 5.92 Å². The van der Waals surface area contributed by atoms with Crippen LogP contribution in [0.15, 0.2) is 41.1 Å². The molecule has 1 aliphatic rings. The van der Waals surface area contributed by atoms with Crippen LogP contribution in [0.4, 0.5) is 5.82 Å². The molecule has 1 aliphatic heterocycles. The average molecular weight is 397 g/mol. The zero-order valence-electron chi connectivity index (χ0n) is 16.2. The Balaban J connectivity index is 1.30. The Bertz CT molecular complexity index is 944. The molecule has 1 saturated heterocycles. The highest BCUT2D eigenvalue weighted by Gasteiger charge is 2.18. The molecule has 3 heterocycles. The lowest BCUT2D eigenvalue weighted by atomic mass is 10.1. The molecule has 0 bridgehead atoms. The number of aryl methyl sites for hydroxylation is 1. The smallest absolute Gasteiger partial charge is 0.227 e. The molecule has 1 atom stereocenters. The lowest BCUT2D eigenvalue weighted by Crippen LogP contribution is -2.19. The number of nitrogens with one attached hydrogen (secondary N) is 1. The van der Waals surface area contributed by atoms with E-state index in [1.807, 2.05) is 28.9 Å². The molecule has 0 saturated carbocycles. The Morgan fingerprint density at radius 1 is 1.31 bits per heavy atom. The van der Waals surface area contributed by atoms with Crippen molar-refractivity contribution in [3.63, 3.8) is 0 Å². The summed E-state index contributed by atoms with van der Waals surface area (Å²) in [6.45, 7) is 2.26. The van der Waals surface area contributed by atoms with Gasteiger partial charge in [-0.05, 0) is 30.7 Å². The van der Waals surface area contributed by atoms with Gasteiger partial charge in [0.05, 0.1) is 19.9 Å². The van der Waals surface area contributed by atoms with Crippen LogP contribution >= 0.6 is 0 Å². The SMILES string of the molecule is COc1ccc(-c2noc(CCC(=O)Nc3ccnn3C[C@H]3CCOC3)n2)cc1. The van der Waals surface area contributed by atoms with Crippen LogP contribution in [0.3, 0.4) is 0 Å². The quantitative estimate of drug-likeness (QED) is 0.623. The first kappa shape index (κ1) is 19.1. The normalized spacial score (nSPS) is 16.1. The standard InChI is InChI=1S/C20H23N5O4/c1-27-16-4-2-15(3-5-16)20-23-19(29-24-20)7-6-18(26)22-17-8-10-21-25(17)12-14-9-11-28-13-14/h2-5,8,10,14H,6-7,9,11-13H2,1H3,(H,22,26)/t14-/m1/s1. The Hall–Kier alpha value is -3.20. The Kier molecular flexibility index (Phi) is 5.85. The summed E-state index contributed by atoms with van der Waals surface area (Å²) in [4.78, 5) is 16.7. The predicted molar refractivity (Wildman–Crippen MR) is 104 cm³/mol. The van der Waals surface area contributed by atoms with E-state index in [4.69, 9.17) is 14.0 Å². The fraction of sp³-hybridized carbons (Fsp3) is 0.400. The summed E-state index contributed by atoms with van der Waals surface area (Å²) in [5.41, 5.74) is 0.824. The number of hydrogen-bond acceptors (Lipinski definition) is 7. The molecule has 1 fully saturated rings. The summed E-state index contributed by atoms with van der Waals surface area (Å²) in [7, 11) is 1.61. The molecule has 9 nitrogen and oxygen atoms in total. The topological polar surface area (TPSA) is 104 Å². The van der Waals surface area contributed by atoms with E-state index in [0.29, 0.717) is 29.9 Å². The van der Waals surface area contributed by atoms with Crippen LogP contribution in [-0.2, 0) is 22.5 Å². The maximum Gasteiger partial charge on any atom is 0.227 e. The number of nitrogens with zero attached hydrogens (tertiary/aromatic N) is 4. The van der Waals surface area contributed by atoms with Crippen molar-refractivity contribution in [2.45, 2.75) is 25.8 Å². The van der Waals surface area contributed by atoms with Crippen molar-refractivity contribution in [2.75, 3.05) is 25.6 Å². The zero-order chi connectivity index (χ0) is 20.1. The fourth-order valence-electron chi connectivity index (χ4n) is 3.20. The first-order chi connectivity index (χ1) is 14.2. The fourth-order valence-corrected chi connectivity index (χ4v) is 3.20. The highest BCUT2D eigenvalue weighted by molar-refractivity contribution is 5.89. The van der Waals surface area contributed by atoms with Crippen molar-refractivity contribution in [1.29, 1.82) is 0 Å². The van der Waals surface area contributed by atoms with Gasteiger partial charge < -0.3 is 19.3 Å². The van der Waals surface area contributed by atoms with Crippen LogP contribution in [-0.4, -0.2) is 46.2 Å². The van der Waals surface area contributed by atoms with Gasteiger partial charge in [0.25, 0.3) is 0 Å². The molecular weight excluding hydrogens is 374 g/mol. The van der Waals surface area contributed by atoms with E-state index >= 15 is 0 Å². The first-order valence-electron chi connectivity index (χ1n) is 9.57. The Labute approximate surface area is 168 Å². The molecule has 1 N–H and O–H groups in total. The van der Waals surface area contributed by atoms with E-state index in [2.05, 4.69) is 20.6 Å². The average Bonchev–Trinajstić information content (AvgIpc) is 3.50. The molecule has 4 rings (SSSR count). The third-order valence-electron chi connectivity index (χ3n) is 4.82. The maximum atomic E-state index is 12.3. The third-order valence-corrected chi connectivity index (χ3v) is 4.82. The van der Waals surface area contributed by atoms with Gasteiger partial charge >= 0.3 is 0 Å². The van der Waals surface area contributed by atoms with Gasteiger partial charge in [0.15, 0.2) is 0 Å². The number of hydrogen-bond donors (Lipinski definition) is 1. The molecule has 1 amide bonds. The largest absolute Gasteiger partial charge is 0.497 e. The van der Waals surface area contributed by atoms with E-state index in [1.54, 1.807) is 19.4 Å². The second-order valence-corrected chi connectivity index (χ2v) is 6.92. The van der Waals surface area contributed by atoms with Crippen molar-refractivity contribution < 1.29 is 18.8 Å². The van der Waals surface area contributed by atoms with Gasteiger partial charge in [0, 0.05) is 43.5 Å². The molecule has 2 aromatic heterocycles. The van der Waals surface area contributed by atoms with Crippen molar-refractivity contribution in [1.82, 2.24) is 19.9 Å². The van der Waals surface area contributed by atoms with E-state index in [0.717, 1.165) is 37.5 Å².